The summed E-state index contributed by atoms with van der Waals surface area (Å²) in [6.45, 7) is 0. The Hall–Kier alpha value is 0.370. The smallest absolute Gasteiger partial charge is 0.234 e. The molecule has 0 N–H and O–H groups in total. The second-order valence-electron chi connectivity index (χ2n) is 1.49. The van der Waals surface area contributed by atoms with Crippen LogP contribution in [0.25, 0.3) is 0 Å². The van der Waals surface area contributed by atoms with Crippen molar-refractivity contribution in [3.05, 3.63) is 30.6 Å². The molecule has 0 aliphatic carbocycles. The molecule has 0 bridgehead atoms. The van der Waals surface area contributed by atoms with Crippen molar-refractivity contribution in [1.29, 1.82) is 0 Å². The quantitative estimate of drug-likeness (QED) is 0.533. The van der Waals surface area contributed by atoms with Crippen LogP contribution in [0.4, 0.5) is 0 Å². The minimum atomic E-state index is -1.39. The van der Waals surface area contributed by atoms with Gasteiger partial charge in [-0.1, -0.05) is 40.9 Å². The van der Waals surface area contributed by atoms with Crippen molar-refractivity contribution in [2.75, 3.05) is 0 Å². The van der Waals surface area contributed by atoms with Crippen LogP contribution in [0.15, 0.2) is 30.6 Å². The molecule has 0 spiro atoms. The van der Waals surface area contributed by atoms with Crippen molar-refractivity contribution in [3.8, 4) is 0 Å². The van der Waals surface area contributed by atoms with Gasteiger partial charge in [0.1, 0.15) is 0 Å². The first-order valence-electron chi connectivity index (χ1n) is 2.64. The third-order valence-corrected chi connectivity index (χ3v) is 0.566. The summed E-state index contributed by atoms with van der Waals surface area (Å²) in [6, 6.07) is 5.72. The van der Waals surface area contributed by atoms with E-state index in [1.54, 1.807) is 12.4 Å². The number of hydrogen-bond donors (Lipinski definition) is 1. The molecule has 0 saturated heterocycles. The largest absolute Gasteiger partial charge is 0.265 e. The zero-order valence-electron chi connectivity index (χ0n) is 5.42. The van der Waals surface area contributed by atoms with Crippen LogP contribution in [-0.2, 0) is 0 Å². The van der Waals surface area contributed by atoms with Gasteiger partial charge in [-0.2, -0.15) is 0 Å². The van der Waals surface area contributed by atoms with Crippen molar-refractivity contribution in [3.63, 3.8) is 0 Å². The van der Waals surface area contributed by atoms with Crippen LogP contribution in [0.1, 0.15) is 0 Å². The van der Waals surface area contributed by atoms with E-state index < -0.39 is 3.12 Å². The monoisotopic (exact) mass is 229 g/mol. The normalized spacial score (nSPS) is 9.82. The molecule has 5 heteroatoms. The maximum absolute atomic E-state index is 4.93. The molecular formula is C6H6Cl3NS. The molecule has 0 aliphatic rings. The zero-order valence-corrected chi connectivity index (χ0v) is 8.58. The number of halogens is 3. The summed E-state index contributed by atoms with van der Waals surface area (Å²) in [5, 5.41) is 0. The van der Waals surface area contributed by atoms with Crippen LogP contribution < -0.4 is 0 Å². The minimum Gasteiger partial charge on any atom is -0.265 e. The van der Waals surface area contributed by atoms with Crippen LogP contribution in [0.3, 0.4) is 0 Å². The van der Waals surface area contributed by atoms with E-state index in [0.717, 1.165) is 0 Å². The molecule has 0 amide bonds. The van der Waals surface area contributed by atoms with Crippen molar-refractivity contribution in [1.82, 2.24) is 4.98 Å². The Morgan fingerprint density at radius 3 is 1.45 bits per heavy atom. The highest BCUT2D eigenvalue weighted by molar-refractivity contribution is 7.87. The van der Waals surface area contributed by atoms with Gasteiger partial charge in [-0.05, 0) is 12.1 Å². The summed E-state index contributed by atoms with van der Waals surface area (Å²) in [4.78, 5) is 3.78. The number of thiol groups is 1. The highest BCUT2D eigenvalue weighted by Crippen LogP contribution is 2.29. The molecule has 0 aromatic carbocycles. The second-order valence-corrected chi connectivity index (χ2v) is 5.24. The van der Waals surface area contributed by atoms with Crippen LogP contribution in [0, 0.1) is 0 Å². The van der Waals surface area contributed by atoms with Gasteiger partial charge in [-0.3, -0.25) is 4.98 Å². The topological polar surface area (TPSA) is 12.9 Å². The zero-order chi connectivity index (χ0) is 8.74. The predicted octanol–water partition coefficient (Wildman–Crippen LogP) is 3.33. The fraction of sp³-hybridized carbons (Fsp3) is 0.167. The Balaban J connectivity index is 0.000000187. The standard InChI is InChI=1S/C5H5N.CHCl3S/c1-2-4-6-5-3-1;2-1(3,4)5/h1-5H;5H. The number of nitrogens with zero attached hydrogens (tertiary/aromatic N) is 1. The molecular weight excluding hydrogens is 224 g/mol. The molecule has 1 aromatic rings. The fourth-order valence-electron chi connectivity index (χ4n) is 0.313. The molecule has 0 atom stereocenters. The van der Waals surface area contributed by atoms with Gasteiger partial charge in [0.2, 0.25) is 3.12 Å². The molecule has 11 heavy (non-hydrogen) atoms. The van der Waals surface area contributed by atoms with Crippen LogP contribution >= 0.6 is 47.4 Å². The van der Waals surface area contributed by atoms with Crippen LogP contribution in [-0.4, -0.2) is 8.11 Å². The van der Waals surface area contributed by atoms with Gasteiger partial charge in [0.05, 0.1) is 0 Å². The van der Waals surface area contributed by atoms with Crippen LogP contribution in [0.2, 0.25) is 0 Å². The Labute approximate surface area is 86.1 Å². The van der Waals surface area contributed by atoms with E-state index in [9.17, 15) is 0 Å². The van der Waals surface area contributed by atoms with Crippen molar-refractivity contribution < 1.29 is 0 Å². The van der Waals surface area contributed by atoms with Crippen molar-refractivity contribution >= 4 is 47.4 Å². The number of rotatable bonds is 0. The van der Waals surface area contributed by atoms with Gasteiger partial charge < -0.3 is 0 Å². The molecule has 62 valence electrons. The van der Waals surface area contributed by atoms with E-state index in [-0.39, 0.29) is 0 Å². The van der Waals surface area contributed by atoms with Gasteiger partial charge in [-0.25, -0.2) is 0 Å². The summed E-state index contributed by atoms with van der Waals surface area (Å²) in [6.07, 6.45) is 3.50. The Kier molecular flexibility index (Phi) is 6.15. The Morgan fingerprint density at radius 2 is 1.36 bits per heavy atom. The number of alkyl halides is 3. The Morgan fingerprint density at radius 1 is 1.00 bits per heavy atom. The van der Waals surface area contributed by atoms with Crippen LogP contribution in [0.5, 0.6) is 0 Å². The highest BCUT2D eigenvalue weighted by Gasteiger charge is 2.08. The van der Waals surface area contributed by atoms with Gasteiger partial charge in [0, 0.05) is 12.4 Å². The van der Waals surface area contributed by atoms with E-state index in [2.05, 4.69) is 17.6 Å². The third kappa shape index (κ3) is 17.9. The molecule has 1 rings (SSSR count). The summed E-state index contributed by atoms with van der Waals surface area (Å²) in [5.74, 6) is 0. The fourth-order valence-corrected chi connectivity index (χ4v) is 0.313. The SMILES string of the molecule is SC(Cl)(Cl)Cl.c1ccncc1. The third-order valence-electron chi connectivity index (χ3n) is 0.566. The lowest BCUT2D eigenvalue weighted by Crippen LogP contribution is -1.81. The molecule has 1 nitrogen and oxygen atoms in total. The second kappa shape index (κ2) is 5.95. The van der Waals surface area contributed by atoms with Crippen molar-refractivity contribution in [2.45, 2.75) is 3.12 Å². The van der Waals surface area contributed by atoms with Gasteiger partial charge >= 0.3 is 0 Å². The average molecular weight is 231 g/mol. The van der Waals surface area contributed by atoms with E-state index >= 15 is 0 Å². The lowest BCUT2D eigenvalue weighted by atomic mass is 10.5. The minimum absolute atomic E-state index is 1.39. The number of hydrogen-bond acceptors (Lipinski definition) is 2. The number of aromatic nitrogens is 1. The molecule has 0 fully saturated rings. The van der Waals surface area contributed by atoms with Crippen molar-refractivity contribution in [2.24, 2.45) is 0 Å². The van der Waals surface area contributed by atoms with Gasteiger partial charge in [-0.15, -0.1) is 12.6 Å². The van der Waals surface area contributed by atoms with E-state index in [0.29, 0.717) is 0 Å². The highest BCUT2D eigenvalue weighted by atomic mass is 35.6. The molecule has 0 aliphatic heterocycles. The van der Waals surface area contributed by atoms with Gasteiger partial charge in [0.25, 0.3) is 0 Å². The van der Waals surface area contributed by atoms with Gasteiger partial charge in [0.15, 0.2) is 0 Å². The predicted molar refractivity (Wildman–Crippen MR) is 53.5 cm³/mol. The first-order chi connectivity index (χ1) is 5.00. The molecule has 1 heterocycles. The Bertz CT molecular complexity index is 142. The first kappa shape index (κ1) is 11.4. The molecule has 0 unspecified atom stereocenters. The summed E-state index contributed by atoms with van der Waals surface area (Å²) < 4.78 is -1.39. The first-order valence-corrected chi connectivity index (χ1v) is 4.22. The molecule has 0 radical (unpaired) electrons. The van der Waals surface area contributed by atoms with E-state index in [1.165, 1.54) is 0 Å². The maximum Gasteiger partial charge on any atom is 0.234 e. The van der Waals surface area contributed by atoms with E-state index in [4.69, 9.17) is 34.8 Å². The molecule has 1 aromatic heterocycles. The number of pyridine rings is 1. The summed E-state index contributed by atoms with van der Waals surface area (Å²) >= 11 is 18.2. The average Bonchev–Trinajstić information content (AvgIpc) is 1.88. The summed E-state index contributed by atoms with van der Waals surface area (Å²) in [5.41, 5.74) is 0. The lowest BCUT2D eigenvalue weighted by molar-refractivity contribution is 1.33. The van der Waals surface area contributed by atoms with E-state index in [1.807, 2.05) is 18.2 Å². The molecule has 0 saturated carbocycles. The maximum atomic E-state index is 4.93. The lowest BCUT2D eigenvalue weighted by Gasteiger charge is -1.93. The summed E-state index contributed by atoms with van der Waals surface area (Å²) in [7, 11) is 0.